The first kappa shape index (κ1) is 12.0. The van der Waals surface area contributed by atoms with Crippen molar-refractivity contribution < 1.29 is 9.53 Å². The maximum Gasteiger partial charge on any atom is 0.180 e. The van der Waals surface area contributed by atoms with Crippen LogP contribution in [-0.2, 0) is 0 Å². The van der Waals surface area contributed by atoms with Gasteiger partial charge in [0.1, 0.15) is 5.75 Å². The third-order valence-corrected chi connectivity index (χ3v) is 2.53. The van der Waals surface area contributed by atoms with Gasteiger partial charge in [-0.2, -0.15) is 0 Å². The molecule has 1 rings (SSSR count). The van der Waals surface area contributed by atoms with Gasteiger partial charge in [0.15, 0.2) is 5.78 Å². The van der Waals surface area contributed by atoms with Crippen LogP contribution < -0.4 is 10.1 Å². The molecule has 0 saturated heterocycles. The maximum absolute atomic E-state index is 11.7. The molecule has 82 valence electrons. The van der Waals surface area contributed by atoms with Crippen molar-refractivity contribution in [3.8, 4) is 5.75 Å². The van der Waals surface area contributed by atoms with Gasteiger partial charge in [-0.3, -0.25) is 4.79 Å². The number of aryl methyl sites for hydroxylation is 1. The molecule has 0 aromatic heterocycles. The molecule has 0 saturated carbocycles. The largest absolute Gasteiger partial charge is 0.496 e. The highest BCUT2D eigenvalue weighted by atomic mass is 35.5. The number of hydrogen-bond donors (Lipinski definition) is 1. The predicted molar refractivity (Wildman–Crippen MR) is 61.0 cm³/mol. The Kier molecular flexibility index (Phi) is 4.12. The van der Waals surface area contributed by atoms with E-state index in [-0.39, 0.29) is 12.3 Å². The van der Waals surface area contributed by atoms with E-state index < -0.39 is 0 Å². The molecule has 0 heterocycles. The number of Topliss-reactive ketones (excluding diaryl/α,β-unsaturated/α-hetero) is 1. The van der Waals surface area contributed by atoms with Crippen molar-refractivity contribution in [2.75, 3.05) is 20.7 Å². The van der Waals surface area contributed by atoms with Crippen molar-refractivity contribution in [2.24, 2.45) is 0 Å². The first-order chi connectivity index (χ1) is 7.10. The number of carbonyl (C=O) groups excluding carboxylic acids is 1. The van der Waals surface area contributed by atoms with Gasteiger partial charge in [0.25, 0.3) is 0 Å². The second-order valence-corrected chi connectivity index (χ2v) is 3.66. The average molecular weight is 228 g/mol. The lowest BCUT2D eigenvalue weighted by atomic mass is 10.1. The molecule has 0 unspecified atom stereocenters. The van der Waals surface area contributed by atoms with Gasteiger partial charge in [-0.15, -0.1) is 0 Å². The van der Waals surface area contributed by atoms with Crippen molar-refractivity contribution >= 4 is 17.4 Å². The fourth-order valence-electron chi connectivity index (χ4n) is 1.30. The Morgan fingerprint density at radius 2 is 2.20 bits per heavy atom. The molecule has 1 N–H and O–H groups in total. The van der Waals surface area contributed by atoms with Crippen molar-refractivity contribution in [3.63, 3.8) is 0 Å². The van der Waals surface area contributed by atoms with E-state index in [1.54, 1.807) is 26.3 Å². The molecule has 1 aromatic carbocycles. The summed E-state index contributed by atoms with van der Waals surface area (Å²) in [6, 6.07) is 3.42. The van der Waals surface area contributed by atoms with Gasteiger partial charge < -0.3 is 10.1 Å². The maximum atomic E-state index is 11.7. The molecule has 4 heteroatoms. The fraction of sp³-hybridized carbons (Fsp3) is 0.364. The number of ether oxygens (including phenoxy) is 1. The Bertz CT molecular complexity index is 377. The second-order valence-electron chi connectivity index (χ2n) is 3.26. The lowest BCUT2D eigenvalue weighted by Crippen LogP contribution is -2.19. The van der Waals surface area contributed by atoms with Gasteiger partial charge in [-0.1, -0.05) is 11.6 Å². The summed E-state index contributed by atoms with van der Waals surface area (Å²) >= 11 is 5.96. The van der Waals surface area contributed by atoms with E-state index in [2.05, 4.69) is 5.32 Å². The van der Waals surface area contributed by atoms with Gasteiger partial charge >= 0.3 is 0 Å². The highest BCUT2D eigenvalue weighted by Gasteiger charge is 2.13. The monoisotopic (exact) mass is 227 g/mol. The molecule has 1 aromatic rings. The molecule has 0 radical (unpaired) electrons. The van der Waals surface area contributed by atoms with Crippen LogP contribution in [0.3, 0.4) is 0 Å². The van der Waals surface area contributed by atoms with Crippen LogP contribution in [-0.4, -0.2) is 26.5 Å². The number of nitrogens with one attached hydrogen (secondary N) is 1. The van der Waals surface area contributed by atoms with Crippen LogP contribution in [0.1, 0.15) is 15.9 Å². The summed E-state index contributed by atoms with van der Waals surface area (Å²) in [5.41, 5.74) is 1.41. The second kappa shape index (κ2) is 5.14. The minimum Gasteiger partial charge on any atom is -0.496 e. The molecular formula is C11H14ClNO2. The summed E-state index contributed by atoms with van der Waals surface area (Å²) < 4.78 is 5.14. The Morgan fingerprint density at radius 3 is 2.73 bits per heavy atom. The summed E-state index contributed by atoms with van der Waals surface area (Å²) in [4.78, 5) is 11.7. The number of carbonyl (C=O) groups is 1. The molecule has 15 heavy (non-hydrogen) atoms. The van der Waals surface area contributed by atoms with Gasteiger partial charge in [-0.05, 0) is 31.7 Å². The van der Waals surface area contributed by atoms with E-state index in [4.69, 9.17) is 16.3 Å². The number of benzene rings is 1. The Balaban J connectivity index is 3.15. The molecule has 0 fully saturated rings. The van der Waals surface area contributed by atoms with E-state index in [1.165, 1.54) is 0 Å². The van der Waals surface area contributed by atoms with Crippen LogP contribution in [0.15, 0.2) is 12.1 Å². The van der Waals surface area contributed by atoms with Crippen LogP contribution in [0.5, 0.6) is 5.75 Å². The number of halogens is 1. The topological polar surface area (TPSA) is 38.3 Å². The standard InChI is InChI=1S/C11H14ClNO2/c1-7-4-11(15-3)8(5-9(7)12)10(14)6-13-2/h4-5,13H,6H2,1-3H3. The van der Waals surface area contributed by atoms with Crippen LogP contribution in [0.25, 0.3) is 0 Å². The zero-order valence-electron chi connectivity index (χ0n) is 9.06. The molecule has 0 amide bonds. The lowest BCUT2D eigenvalue weighted by Gasteiger charge is -2.09. The number of likely N-dealkylation sites (N-methyl/N-ethyl adjacent to an activating group) is 1. The molecule has 0 atom stereocenters. The normalized spacial score (nSPS) is 10.1. The molecule has 0 aliphatic carbocycles. The summed E-state index contributed by atoms with van der Waals surface area (Å²) in [5, 5.41) is 3.38. The first-order valence-electron chi connectivity index (χ1n) is 4.62. The molecule has 3 nitrogen and oxygen atoms in total. The Morgan fingerprint density at radius 1 is 1.53 bits per heavy atom. The first-order valence-corrected chi connectivity index (χ1v) is 5.00. The molecule has 0 spiro atoms. The van der Waals surface area contributed by atoms with Gasteiger partial charge in [-0.25, -0.2) is 0 Å². The number of hydrogen-bond acceptors (Lipinski definition) is 3. The third kappa shape index (κ3) is 2.70. The molecule has 0 aliphatic rings. The highest BCUT2D eigenvalue weighted by molar-refractivity contribution is 6.31. The third-order valence-electron chi connectivity index (χ3n) is 2.12. The minimum absolute atomic E-state index is 0.0312. The molecular weight excluding hydrogens is 214 g/mol. The lowest BCUT2D eigenvalue weighted by molar-refractivity contribution is 0.0990. The van der Waals surface area contributed by atoms with Crippen LogP contribution in [0.4, 0.5) is 0 Å². The average Bonchev–Trinajstić information content (AvgIpc) is 2.21. The zero-order chi connectivity index (χ0) is 11.4. The van der Waals surface area contributed by atoms with E-state index in [0.29, 0.717) is 16.3 Å². The van der Waals surface area contributed by atoms with Crippen molar-refractivity contribution in [1.29, 1.82) is 0 Å². The van der Waals surface area contributed by atoms with Crippen LogP contribution in [0.2, 0.25) is 5.02 Å². The zero-order valence-corrected chi connectivity index (χ0v) is 9.81. The molecule has 0 aliphatic heterocycles. The number of ketones is 1. The Hall–Kier alpha value is -1.06. The quantitative estimate of drug-likeness (QED) is 0.801. The van der Waals surface area contributed by atoms with E-state index in [1.807, 2.05) is 6.92 Å². The summed E-state index contributed by atoms with van der Waals surface area (Å²) in [6.45, 7) is 2.15. The van der Waals surface area contributed by atoms with Gasteiger partial charge in [0.2, 0.25) is 0 Å². The van der Waals surface area contributed by atoms with Crippen LogP contribution in [0, 0.1) is 6.92 Å². The van der Waals surface area contributed by atoms with Crippen molar-refractivity contribution in [3.05, 3.63) is 28.3 Å². The van der Waals surface area contributed by atoms with E-state index in [9.17, 15) is 4.79 Å². The SMILES string of the molecule is CNCC(=O)c1cc(Cl)c(C)cc1OC. The van der Waals surface area contributed by atoms with Crippen molar-refractivity contribution in [1.82, 2.24) is 5.32 Å². The van der Waals surface area contributed by atoms with Crippen LogP contribution >= 0.6 is 11.6 Å². The van der Waals surface area contributed by atoms with E-state index >= 15 is 0 Å². The van der Waals surface area contributed by atoms with E-state index in [0.717, 1.165) is 5.56 Å². The Labute approximate surface area is 94.4 Å². The minimum atomic E-state index is -0.0312. The number of methoxy groups -OCH3 is 1. The van der Waals surface area contributed by atoms with Crippen molar-refractivity contribution in [2.45, 2.75) is 6.92 Å². The summed E-state index contributed by atoms with van der Waals surface area (Å²) in [6.07, 6.45) is 0. The smallest absolute Gasteiger partial charge is 0.180 e. The van der Waals surface area contributed by atoms with Gasteiger partial charge in [0.05, 0.1) is 19.2 Å². The predicted octanol–water partition coefficient (Wildman–Crippen LogP) is 2.06. The summed E-state index contributed by atoms with van der Waals surface area (Å²) in [7, 11) is 3.26. The highest BCUT2D eigenvalue weighted by Crippen LogP contribution is 2.26. The summed E-state index contributed by atoms with van der Waals surface area (Å²) in [5.74, 6) is 0.536. The fourth-order valence-corrected chi connectivity index (χ4v) is 1.46. The molecule has 0 bridgehead atoms. The number of rotatable bonds is 4. The van der Waals surface area contributed by atoms with Gasteiger partial charge in [0, 0.05) is 5.02 Å².